The Balaban J connectivity index is 1.97. The lowest BCUT2D eigenvalue weighted by molar-refractivity contribution is -0.0812. The summed E-state index contributed by atoms with van der Waals surface area (Å²) in [7, 11) is 0. The van der Waals surface area contributed by atoms with Crippen LogP contribution in [0, 0.1) is 5.41 Å². The van der Waals surface area contributed by atoms with Crippen LogP contribution >= 0.6 is 0 Å². The topological polar surface area (TPSA) is 55.4 Å². The van der Waals surface area contributed by atoms with E-state index in [9.17, 15) is 0 Å². The molecule has 0 amide bonds. The highest BCUT2D eigenvalue weighted by Gasteiger charge is 2.26. The maximum absolute atomic E-state index is 6.06. The Kier molecular flexibility index (Phi) is 25.7. The van der Waals surface area contributed by atoms with Gasteiger partial charge in [-0.3, -0.25) is 0 Å². The Bertz CT molecular complexity index is 431. The molecule has 1 saturated heterocycles. The second-order valence-electron chi connectivity index (χ2n) is 11.1. The molecule has 37 heavy (non-hydrogen) atoms. The lowest BCUT2D eigenvalue weighted by Crippen LogP contribution is -2.35. The van der Waals surface area contributed by atoms with Gasteiger partial charge < -0.3 is 28.4 Å². The third-order valence-electron chi connectivity index (χ3n) is 6.98. The van der Waals surface area contributed by atoms with Gasteiger partial charge in [0.15, 0.2) is 0 Å². The Morgan fingerprint density at radius 2 is 0.784 bits per heavy atom. The maximum atomic E-state index is 6.06. The minimum Gasteiger partial charge on any atom is -0.381 e. The van der Waals surface area contributed by atoms with Crippen molar-refractivity contribution >= 4 is 0 Å². The first-order valence-electron chi connectivity index (χ1n) is 15.7. The Hall–Kier alpha value is -0.240. The molecular formula is C31H62O6. The van der Waals surface area contributed by atoms with Gasteiger partial charge in [-0.05, 0) is 6.42 Å². The molecule has 0 spiro atoms. The van der Waals surface area contributed by atoms with E-state index in [-0.39, 0.29) is 5.41 Å². The van der Waals surface area contributed by atoms with Crippen molar-refractivity contribution in [3.8, 4) is 0 Å². The average Bonchev–Trinajstić information content (AvgIpc) is 2.89. The fourth-order valence-electron chi connectivity index (χ4n) is 4.61. The third kappa shape index (κ3) is 24.5. The smallest absolute Gasteiger partial charge is 0.0701 e. The van der Waals surface area contributed by atoms with Crippen molar-refractivity contribution in [2.45, 2.75) is 117 Å². The van der Waals surface area contributed by atoms with E-state index in [4.69, 9.17) is 28.4 Å². The highest BCUT2D eigenvalue weighted by Crippen LogP contribution is 2.19. The Morgan fingerprint density at radius 3 is 1.16 bits per heavy atom. The van der Waals surface area contributed by atoms with Gasteiger partial charge in [0, 0.05) is 12.0 Å². The van der Waals surface area contributed by atoms with Gasteiger partial charge in [-0.15, -0.1) is 0 Å². The molecule has 222 valence electrons. The lowest BCUT2D eigenvalue weighted by Gasteiger charge is -2.29. The Labute approximate surface area is 229 Å². The van der Waals surface area contributed by atoms with E-state index in [0.29, 0.717) is 72.7 Å². The molecule has 0 saturated carbocycles. The van der Waals surface area contributed by atoms with Gasteiger partial charge >= 0.3 is 0 Å². The molecule has 0 aliphatic carbocycles. The van der Waals surface area contributed by atoms with Gasteiger partial charge in [0.25, 0.3) is 0 Å². The minimum atomic E-state index is -0.158. The summed E-state index contributed by atoms with van der Waals surface area (Å²) in [6.07, 6.45) is 22.2. The van der Waals surface area contributed by atoms with E-state index >= 15 is 0 Å². The molecule has 1 aliphatic rings. The zero-order valence-corrected chi connectivity index (χ0v) is 24.7. The summed E-state index contributed by atoms with van der Waals surface area (Å²) < 4.78 is 34.4. The molecule has 0 unspecified atom stereocenters. The number of hydrogen-bond acceptors (Lipinski definition) is 6. The van der Waals surface area contributed by atoms with E-state index in [0.717, 1.165) is 13.0 Å². The standard InChI is InChI=1S/C31H62O6/c1-3-4-5-6-7-8-9-10-11-12-13-14-15-16-17-18-19-35-28-31(2)29-36-26-24-33-22-20-32-21-23-34-25-27-37-30-31/h3-30H2,1-2H3. The molecule has 1 aliphatic heterocycles. The zero-order valence-electron chi connectivity index (χ0n) is 24.7. The second-order valence-corrected chi connectivity index (χ2v) is 11.1. The summed E-state index contributed by atoms with van der Waals surface area (Å²) in [5.41, 5.74) is -0.158. The van der Waals surface area contributed by atoms with Gasteiger partial charge in [-0.2, -0.15) is 0 Å². The molecule has 1 fully saturated rings. The number of unbranched alkanes of at least 4 members (excludes halogenated alkanes) is 15. The van der Waals surface area contributed by atoms with Gasteiger partial charge in [0.1, 0.15) is 0 Å². The van der Waals surface area contributed by atoms with E-state index < -0.39 is 0 Å². The number of hydrogen-bond donors (Lipinski definition) is 0. The summed E-state index contributed by atoms with van der Waals surface area (Å²) >= 11 is 0. The monoisotopic (exact) mass is 530 g/mol. The summed E-state index contributed by atoms with van der Waals surface area (Å²) in [6.45, 7) is 11.8. The lowest BCUT2D eigenvalue weighted by atomic mass is 9.94. The first kappa shape index (κ1) is 34.8. The van der Waals surface area contributed by atoms with E-state index in [2.05, 4.69) is 13.8 Å². The molecule has 0 radical (unpaired) electrons. The van der Waals surface area contributed by atoms with Gasteiger partial charge in [0.05, 0.1) is 72.7 Å². The van der Waals surface area contributed by atoms with E-state index in [1.807, 2.05) is 0 Å². The predicted octanol–water partition coefficient (Wildman–Crippen LogP) is 7.37. The van der Waals surface area contributed by atoms with Crippen LogP contribution in [0.2, 0.25) is 0 Å². The van der Waals surface area contributed by atoms with Crippen LogP contribution in [0.25, 0.3) is 0 Å². The second kappa shape index (κ2) is 27.3. The highest BCUT2D eigenvalue weighted by atomic mass is 16.6. The largest absolute Gasteiger partial charge is 0.381 e. The molecule has 0 N–H and O–H groups in total. The van der Waals surface area contributed by atoms with Crippen LogP contribution in [-0.2, 0) is 28.4 Å². The molecule has 1 heterocycles. The van der Waals surface area contributed by atoms with Crippen LogP contribution in [0.4, 0.5) is 0 Å². The van der Waals surface area contributed by atoms with Crippen molar-refractivity contribution in [2.24, 2.45) is 5.41 Å². The first-order chi connectivity index (χ1) is 18.3. The summed E-state index contributed by atoms with van der Waals surface area (Å²) in [5, 5.41) is 0. The van der Waals surface area contributed by atoms with Gasteiger partial charge in [-0.25, -0.2) is 0 Å². The summed E-state index contributed by atoms with van der Waals surface area (Å²) in [5.74, 6) is 0. The van der Waals surface area contributed by atoms with Crippen molar-refractivity contribution < 1.29 is 28.4 Å². The Morgan fingerprint density at radius 1 is 0.459 bits per heavy atom. The van der Waals surface area contributed by atoms with Crippen molar-refractivity contribution in [1.82, 2.24) is 0 Å². The van der Waals surface area contributed by atoms with Gasteiger partial charge in [0.2, 0.25) is 0 Å². The van der Waals surface area contributed by atoms with E-state index in [1.165, 1.54) is 96.3 Å². The average molecular weight is 531 g/mol. The predicted molar refractivity (Wildman–Crippen MR) is 153 cm³/mol. The van der Waals surface area contributed by atoms with Crippen LogP contribution in [0.15, 0.2) is 0 Å². The minimum absolute atomic E-state index is 0.158. The molecule has 6 heteroatoms. The van der Waals surface area contributed by atoms with Crippen LogP contribution in [-0.4, -0.2) is 79.3 Å². The van der Waals surface area contributed by atoms with Gasteiger partial charge in [-0.1, -0.05) is 110 Å². The molecule has 0 bridgehead atoms. The first-order valence-corrected chi connectivity index (χ1v) is 15.7. The number of rotatable bonds is 19. The molecule has 0 aromatic rings. The summed E-state index contributed by atoms with van der Waals surface area (Å²) in [4.78, 5) is 0. The van der Waals surface area contributed by atoms with Crippen LogP contribution in [0.5, 0.6) is 0 Å². The molecule has 0 aromatic heterocycles. The molecule has 0 atom stereocenters. The SMILES string of the molecule is CCCCCCCCCCCCCCCCCCOCC1(C)COCCOCCOCCOCCOC1. The van der Waals surface area contributed by atoms with Crippen molar-refractivity contribution in [1.29, 1.82) is 0 Å². The fourth-order valence-corrected chi connectivity index (χ4v) is 4.61. The zero-order chi connectivity index (χ0) is 26.5. The van der Waals surface area contributed by atoms with Crippen molar-refractivity contribution in [3.05, 3.63) is 0 Å². The van der Waals surface area contributed by atoms with Crippen molar-refractivity contribution in [3.63, 3.8) is 0 Å². The normalized spacial score (nSPS) is 18.6. The molecule has 6 nitrogen and oxygen atoms in total. The van der Waals surface area contributed by atoms with Crippen LogP contribution < -0.4 is 0 Å². The van der Waals surface area contributed by atoms with Crippen molar-refractivity contribution in [2.75, 3.05) is 79.3 Å². The maximum Gasteiger partial charge on any atom is 0.0701 e. The molecule has 0 aromatic carbocycles. The van der Waals surface area contributed by atoms with Crippen LogP contribution in [0.3, 0.4) is 0 Å². The summed E-state index contributed by atoms with van der Waals surface area (Å²) in [6, 6.07) is 0. The molecule has 1 rings (SSSR count). The fraction of sp³-hybridized carbons (Fsp3) is 1.00. The van der Waals surface area contributed by atoms with Crippen LogP contribution in [0.1, 0.15) is 117 Å². The highest BCUT2D eigenvalue weighted by molar-refractivity contribution is 4.73. The van der Waals surface area contributed by atoms with E-state index in [1.54, 1.807) is 0 Å². The third-order valence-corrected chi connectivity index (χ3v) is 6.98. The number of ether oxygens (including phenoxy) is 6. The quantitative estimate of drug-likeness (QED) is 0.163. The molecular weight excluding hydrogens is 468 g/mol.